The molecule has 0 saturated heterocycles. The van der Waals surface area contributed by atoms with Gasteiger partial charge in [0.25, 0.3) is 6.43 Å². The minimum Gasteiger partial charge on any atom is -0.362 e. The topological polar surface area (TPSA) is 55.1 Å². The van der Waals surface area contributed by atoms with Crippen LogP contribution in [-0.2, 0) is 0 Å². The smallest absolute Gasteiger partial charge is 0.299 e. The summed E-state index contributed by atoms with van der Waals surface area (Å²) in [5.41, 5.74) is 1.28. The molecule has 1 N–H and O–H groups in total. The number of alkyl halides is 2. The molecule has 7 heteroatoms. The van der Waals surface area contributed by atoms with Crippen molar-refractivity contribution in [3.05, 3.63) is 54.4 Å². The molecule has 0 aliphatic rings. The molecule has 0 saturated carbocycles. The maximum absolute atomic E-state index is 12.8. The summed E-state index contributed by atoms with van der Waals surface area (Å²) in [5, 5.41) is 14.4. The molecule has 24 heavy (non-hydrogen) atoms. The number of anilines is 1. The summed E-state index contributed by atoms with van der Waals surface area (Å²) in [7, 11) is 0. The highest BCUT2D eigenvalue weighted by molar-refractivity contribution is 5.46. The van der Waals surface area contributed by atoms with Crippen molar-refractivity contribution in [3.8, 4) is 0 Å². The molecular weight excluding hydrogens is 312 g/mol. The Morgan fingerprint density at radius 2 is 2.00 bits per heavy atom. The molecule has 0 fully saturated rings. The van der Waals surface area contributed by atoms with E-state index in [0.717, 1.165) is 10.1 Å². The lowest BCUT2D eigenvalue weighted by Gasteiger charge is -2.15. The molecule has 0 spiro atoms. The Hall–Kier alpha value is -2.57. The highest BCUT2D eigenvalue weighted by atomic mass is 19.3. The third-order valence-corrected chi connectivity index (χ3v) is 3.02. The Morgan fingerprint density at radius 3 is 2.58 bits per heavy atom. The fourth-order valence-electron chi connectivity index (χ4n) is 2.00. The maximum Gasteiger partial charge on any atom is 0.299 e. The van der Waals surface area contributed by atoms with Gasteiger partial charge in [0, 0.05) is 6.04 Å². The summed E-state index contributed by atoms with van der Waals surface area (Å²) in [6, 6.07) is 3.20. The van der Waals surface area contributed by atoms with E-state index in [0.29, 0.717) is 5.82 Å². The number of aromatic nitrogens is 4. The molecule has 1 atom stereocenters. The fourth-order valence-corrected chi connectivity index (χ4v) is 2.00. The Morgan fingerprint density at radius 1 is 1.29 bits per heavy atom. The molecule has 5 nitrogen and oxygen atoms in total. The van der Waals surface area contributed by atoms with Gasteiger partial charge in [0.05, 0.1) is 0 Å². The maximum atomic E-state index is 12.8. The zero-order valence-corrected chi connectivity index (χ0v) is 14.4. The van der Waals surface area contributed by atoms with Gasteiger partial charge in [0.2, 0.25) is 5.82 Å². The quantitative estimate of drug-likeness (QED) is 0.785. The van der Waals surface area contributed by atoms with Crippen LogP contribution < -0.4 is 5.32 Å². The largest absolute Gasteiger partial charge is 0.362 e. The number of hydrogen-bond donors (Lipinski definition) is 1. The zero-order chi connectivity index (χ0) is 18.1. The van der Waals surface area contributed by atoms with E-state index in [2.05, 4.69) is 27.2 Å². The van der Waals surface area contributed by atoms with Crippen molar-refractivity contribution in [2.75, 3.05) is 5.32 Å². The van der Waals surface area contributed by atoms with Crippen LogP contribution in [-0.4, -0.2) is 25.9 Å². The molecule has 2 rings (SSSR count). The van der Waals surface area contributed by atoms with Crippen LogP contribution in [0.1, 0.15) is 39.9 Å². The summed E-state index contributed by atoms with van der Waals surface area (Å²) in [4.78, 5) is 0. The van der Waals surface area contributed by atoms with Crippen molar-refractivity contribution >= 4 is 11.5 Å². The van der Waals surface area contributed by atoms with Gasteiger partial charge in [-0.3, -0.25) is 0 Å². The summed E-state index contributed by atoms with van der Waals surface area (Å²) in [5.74, 6) is -0.0113. The average molecular weight is 335 g/mol. The number of halogens is 2. The van der Waals surface area contributed by atoms with Crippen molar-refractivity contribution in [2.45, 2.75) is 40.2 Å². The van der Waals surface area contributed by atoms with Gasteiger partial charge in [-0.15, -0.1) is 15.3 Å². The number of allylic oxidation sites excluding steroid dienone is 3. The number of rotatable bonds is 6. The van der Waals surface area contributed by atoms with Gasteiger partial charge in [-0.2, -0.15) is 4.52 Å². The summed E-state index contributed by atoms with van der Waals surface area (Å²) >= 11 is 0. The van der Waals surface area contributed by atoms with E-state index in [9.17, 15) is 8.78 Å². The Kier molecular flexibility index (Phi) is 7.74. The average Bonchev–Trinajstić information content (AvgIpc) is 3.00. The first kappa shape index (κ1) is 19.5. The number of fused-ring (bicyclic) bond motifs is 1. The molecular formula is C17H23F2N5. The number of nitrogens with one attached hydrogen (secondary N) is 1. The molecule has 0 aliphatic carbocycles. The van der Waals surface area contributed by atoms with Gasteiger partial charge in [0.15, 0.2) is 5.65 Å². The van der Waals surface area contributed by atoms with Crippen LogP contribution >= 0.6 is 0 Å². The van der Waals surface area contributed by atoms with Crippen LogP contribution in [0.25, 0.3) is 5.65 Å². The Balaban J connectivity index is 0.00000139. The highest BCUT2D eigenvalue weighted by Gasteiger charge is 2.17. The van der Waals surface area contributed by atoms with Crippen molar-refractivity contribution < 1.29 is 8.78 Å². The third-order valence-electron chi connectivity index (χ3n) is 3.02. The van der Waals surface area contributed by atoms with Crippen LogP contribution in [0, 0.1) is 0 Å². The molecule has 2 aromatic rings. The summed E-state index contributed by atoms with van der Waals surface area (Å²) in [6.45, 7) is 11.5. The Labute approximate surface area is 140 Å². The molecule has 130 valence electrons. The predicted molar refractivity (Wildman–Crippen MR) is 93.3 cm³/mol. The van der Waals surface area contributed by atoms with Crippen LogP contribution in [0.3, 0.4) is 0 Å². The van der Waals surface area contributed by atoms with E-state index in [1.165, 1.54) is 0 Å². The molecule has 0 bridgehead atoms. The predicted octanol–water partition coefficient (Wildman–Crippen LogP) is 4.58. The first-order chi connectivity index (χ1) is 11.6. The second-order valence-electron chi connectivity index (χ2n) is 4.62. The summed E-state index contributed by atoms with van der Waals surface area (Å²) in [6.07, 6.45) is 4.70. The second-order valence-corrected chi connectivity index (χ2v) is 4.62. The van der Waals surface area contributed by atoms with Gasteiger partial charge in [-0.05, 0) is 31.6 Å². The summed E-state index contributed by atoms with van der Waals surface area (Å²) < 4.78 is 26.7. The fraction of sp³-hybridized carbons (Fsp3) is 0.353. The normalized spacial score (nSPS) is 13.0. The van der Waals surface area contributed by atoms with E-state index < -0.39 is 12.2 Å². The van der Waals surface area contributed by atoms with Crippen molar-refractivity contribution in [2.24, 2.45) is 0 Å². The van der Waals surface area contributed by atoms with Crippen molar-refractivity contribution in [1.29, 1.82) is 0 Å². The molecule has 0 amide bonds. The van der Waals surface area contributed by atoms with Gasteiger partial charge in [-0.1, -0.05) is 44.7 Å². The molecule has 0 aromatic carbocycles. The second kappa shape index (κ2) is 9.54. The SMILES string of the molecule is C=C/C=C(\C=C/C)[C@@H](C)Nc1ccc2nnc(C(F)F)n2n1.CC. The molecule has 2 aromatic heterocycles. The zero-order valence-electron chi connectivity index (χ0n) is 14.4. The monoisotopic (exact) mass is 335 g/mol. The minimum absolute atomic E-state index is 0.0642. The van der Waals surface area contributed by atoms with Crippen LogP contribution in [0.2, 0.25) is 0 Å². The van der Waals surface area contributed by atoms with E-state index in [1.807, 2.05) is 45.9 Å². The molecule has 0 radical (unpaired) electrons. The first-order valence-corrected chi connectivity index (χ1v) is 7.79. The lowest BCUT2D eigenvalue weighted by atomic mass is 10.1. The van der Waals surface area contributed by atoms with E-state index in [-0.39, 0.29) is 11.7 Å². The number of hydrogen-bond acceptors (Lipinski definition) is 4. The van der Waals surface area contributed by atoms with Crippen LogP contribution in [0.5, 0.6) is 0 Å². The van der Waals surface area contributed by atoms with Gasteiger partial charge < -0.3 is 5.32 Å². The van der Waals surface area contributed by atoms with Gasteiger partial charge >= 0.3 is 0 Å². The van der Waals surface area contributed by atoms with Crippen molar-refractivity contribution in [3.63, 3.8) is 0 Å². The van der Waals surface area contributed by atoms with Gasteiger partial charge in [0.1, 0.15) is 5.82 Å². The first-order valence-electron chi connectivity index (χ1n) is 7.79. The standard InChI is InChI=1S/C15H17F2N5.C2H6/c1-4-6-11(7-5-2)10(3)18-12-8-9-13-19-20-15(14(16)17)22(13)21-12;1-2/h4-10,14H,1H2,2-3H3,(H,18,21);1-2H3/b7-5-,11-6+;/t10-;/m1./s1. The Bertz CT molecular complexity index is 719. The van der Waals surface area contributed by atoms with E-state index in [1.54, 1.807) is 18.2 Å². The van der Waals surface area contributed by atoms with E-state index in [4.69, 9.17) is 0 Å². The van der Waals surface area contributed by atoms with Crippen molar-refractivity contribution in [1.82, 2.24) is 19.8 Å². The van der Waals surface area contributed by atoms with Gasteiger partial charge in [-0.25, -0.2) is 8.78 Å². The van der Waals surface area contributed by atoms with Crippen LogP contribution in [0.4, 0.5) is 14.6 Å². The molecule has 0 aliphatic heterocycles. The highest BCUT2D eigenvalue weighted by Crippen LogP contribution is 2.18. The minimum atomic E-state index is -2.73. The third kappa shape index (κ3) is 4.71. The lowest BCUT2D eigenvalue weighted by Crippen LogP contribution is -2.18. The molecule has 0 unspecified atom stereocenters. The molecule has 2 heterocycles. The number of nitrogens with zero attached hydrogens (tertiary/aromatic N) is 4. The van der Waals surface area contributed by atoms with E-state index >= 15 is 0 Å². The lowest BCUT2D eigenvalue weighted by molar-refractivity contribution is 0.137. The van der Waals surface area contributed by atoms with Crippen LogP contribution in [0.15, 0.2) is 48.6 Å².